The SMILES string of the molecule is CC(C)(C)[Si](C)(C)Oc1cc(O[Si](C)(C)C(C)(C)C)cc(N(c2cccc(F)c2)c2cccc(CO)c2)c1. The van der Waals surface area contributed by atoms with Crippen LogP contribution in [0.1, 0.15) is 47.1 Å². The molecule has 3 aromatic rings. The first kappa shape index (κ1) is 29.9. The fraction of sp³-hybridized carbons (Fsp3) is 0.419. The van der Waals surface area contributed by atoms with Gasteiger partial charge in [0.15, 0.2) is 0 Å². The van der Waals surface area contributed by atoms with Crippen LogP contribution in [0, 0.1) is 5.82 Å². The molecular weight excluding hydrogens is 510 g/mol. The molecule has 1 N–H and O–H groups in total. The monoisotopic (exact) mass is 553 g/mol. The summed E-state index contributed by atoms with van der Waals surface area (Å²) in [5.74, 6) is 1.15. The summed E-state index contributed by atoms with van der Waals surface area (Å²) in [6.45, 7) is 22.1. The quantitative estimate of drug-likeness (QED) is 0.282. The van der Waals surface area contributed by atoms with E-state index in [2.05, 4.69) is 67.7 Å². The molecule has 3 aromatic carbocycles. The van der Waals surface area contributed by atoms with Crippen LogP contribution in [0.3, 0.4) is 0 Å². The van der Waals surface area contributed by atoms with E-state index in [-0.39, 0.29) is 22.5 Å². The van der Waals surface area contributed by atoms with E-state index < -0.39 is 16.6 Å². The van der Waals surface area contributed by atoms with Crippen LogP contribution in [0.4, 0.5) is 21.5 Å². The Morgan fingerprint density at radius 2 is 1.16 bits per heavy atom. The first-order valence-corrected chi connectivity index (χ1v) is 19.0. The Morgan fingerprint density at radius 1 is 0.684 bits per heavy atom. The van der Waals surface area contributed by atoms with E-state index >= 15 is 0 Å². The number of hydrogen-bond donors (Lipinski definition) is 1. The maximum Gasteiger partial charge on any atom is 0.250 e. The van der Waals surface area contributed by atoms with Gasteiger partial charge in [0, 0.05) is 29.6 Å². The van der Waals surface area contributed by atoms with Crippen molar-refractivity contribution >= 4 is 33.7 Å². The molecule has 0 amide bonds. The van der Waals surface area contributed by atoms with Crippen LogP contribution in [0.5, 0.6) is 11.5 Å². The average molecular weight is 554 g/mol. The summed E-state index contributed by atoms with van der Waals surface area (Å²) in [5, 5.41) is 9.85. The molecule has 0 bridgehead atoms. The molecule has 0 saturated carbocycles. The zero-order chi connectivity index (χ0) is 28.5. The van der Waals surface area contributed by atoms with Crippen LogP contribution < -0.4 is 13.8 Å². The largest absolute Gasteiger partial charge is 0.543 e. The molecule has 0 aliphatic rings. The highest BCUT2D eigenvalue weighted by atomic mass is 28.4. The molecule has 0 fully saturated rings. The van der Waals surface area contributed by atoms with Crippen molar-refractivity contribution in [1.82, 2.24) is 0 Å². The van der Waals surface area contributed by atoms with Crippen molar-refractivity contribution in [3.63, 3.8) is 0 Å². The Kier molecular flexibility index (Phi) is 8.56. The lowest BCUT2D eigenvalue weighted by atomic mass is 10.1. The summed E-state index contributed by atoms with van der Waals surface area (Å²) in [5.41, 5.74) is 3.05. The van der Waals surface area contributed by atoms with E-state index in [1.807, 2.05) is 53.4 Å². The third-order valence-corrected chi connectivity index (χ3v) is 16.6. The number of hydrogen-bond acceptors (Lipinski definition) is 4. The van der Waals surface area contributed by atoms with Gasteiger partial charge in [-0.3, -0.25) is 0 Å². The first-order chi connectivity index (χ1) is 17.4. The molecule has 7 heteroatoms. The fourth-order valence-electron chi connectivity index (χ4n) is 3.56. The summed E-state index contributed by atoms with van der Waals surface area (Å²) >= 11 is 0. The van der Waals surface area contributed by atoms with E-state index in [0.717, 1.165) is 28.4 Å². The highest BCUT2D eigenvalue weighted by Gasteiger charge is 2.41. The lowest BCUT2D eigenvalue weighted by Gasteiger charge is -2.38. The standard InChI is InChI=1S/C31H44FNO3Si2/c1-30(2,3)37(7,8)35-28-19-27(20-29(21-28)36-38(9,10)31(4,5)6)33(26-16-12-14-24(32)18-26)25-15-11-13-23(17-25)22-34/h11-21,34H,22H2,1-10H3. The Morgan fingerprint density at radius 3 is 1.61 bits per heavy atom. The molecule has 0 heterocycles. The molecule has 38 heavy (non-hydrogen) atoms. The second-order valence-electron chi connectivity index (χ2n) is 13.0. The van der Waals surface area contributed by atoms with Crippen LogP contribution in [0.25, 0.3) is 0 Å². The smallest absolute Gasteiger partial charge is 0.250 e. The summed E-state index contributed by atoms with van der Waals surface area (Å²) in [4.78, 5) is 1.99. The Labute approximate surface area is 230 Å². The van der Waals surface area contributed by atoms with Crippen molar-refractivity contribution in [1.29, 1.82) is 0 Å². The van der Waals surface area contributed by atoms with Crippen molar-refractivity contribution < 1.29 is 18.3 Å². The van der Waals surface area contributed by atoms with Gasteiger partial charge in [-0.05, 0) is 72.2 Å². The summed E-state index contributed by atoms with van der Waals surface area (Å²) in [6, 6.07) is 20.2. The van der Waals surface area contributed by atoms with Gasteiger partial charge in [0.1, 0.15) is 17.3 Å². The second kappa shape index (κ2) is 10.9. The third kappa shape index (κ3) is 6.87. The van der Waals surface area contributed by atoms with Crippen LogP contribution >= 0.6 is 0 Å². The number of nitrogens with zero attached hydrogens (tertiary/aromatic N) is 1. The van der Waals surface area contributed by atoms with Gasteiger partial charge in [-0.1, -0.05) is 59.7 Å². The molecule has 0 aromatic heterocycles. The summed E-state index contributed by atoms with van der Waals surface area (Å²) in [7, 11) is -4.32. The molecule has 0 aliphatic carbocycles. The maximum absolute atomic E-state index is 14.5. The number of anilines is 3. The molecule has 0 aliphatic heterocycles. The number of rotatable bonds is 8. The van der Waals surface area contributed by atoms with Gasteiger partial charge in [-0.15, -0.1) is 0 Å². The zero-order valence-corrected chi connectivity index (χ0v) is 26.6. The maximum atomic E-state index is 14.5. The minimum absolute atomic E-state index is 0.0150. The normalized spacial score (nSPS) is 12.8. The first-order valence-electron chi connectivity index (χ1n) is 13.2. The topological polar surface area (TPSA) is 41.9 Å². The molecule has 0 radical (unpaired) electrons. The predicted octanol–water partition coefficient (Wildman–Crippen LogP) is 9.56. The van der Waals surface area contributed by atoms with Crippen molar-refractivity contribution in [2.75, 3.05) is 4.90 Å². The molecule has 0 saturated heterocycles. The van der Waals surface area contributed by atoms with E-state index in [1.54, 1.807) is 6.07 Å². The number of aliphatic hydroxyl groups excluding tert-OH is 1. The molecular formula is C31H44FNO3Si2. The second-order valence-corrected chi connectivity index (χ2v) is 22.5. The number of aliphatic hydroxyl groups is 1. The molecule has 3 rings (SSSR count). The average Bonchev–Trinajstić information content (AvgIpc) is 2.77. The fourth-order valence-corrected chi connectivity index (χ4v) is 5.58. The minimum atomic E-state index is -2.16. The van der Waals surface area contributed by atoms with Crippen molar-refractivity contribution in [2.45, 2.75) is 84.4 Å². The van der Waals surface area contributed by atoms with E-state index in [9.17, 15) is 9.50 Å². The van der Waals surface area contributed by atoms with Crippen LogP contribution in [0.15, 0.2) is 66.7 Å². The predicted molar refractivity (Wildman–Crippen MR) is 163 cm³/mol. The third-order valence-electron chi connectivity index (χ3n) is 7.90. The number of benzene rings is 3. The van der Waals surface area contributed by atoms with Crippen molar-refractivity contribution in [3.05, 3.63) is 78.1 Å². The molecule has 0 spiro atoms. The van der Waals surface area contributed by atoms with E-state index in [0.29, 0.717) is 5.69 Å². The minimum Gasteiger partial charge on any atom is -0.543 e. The lowest BCUT2D eigenvalue weighted by molar-refractivity contribution is 0.282. The Bertz CT molecular complexity index is 1220. The molecule has 4 nitrogen and oxygen atoms in total. The summed E-state index contributed by atoms with van der Waals surface area (Å²) < 4.78 is 28.0. The van der Waals surface area contributed by atoms with Gasteiger partial charge >= 0.3 is 0 Å². The van der Waals surface area contributed by atoms with Gasteiger partial charge in [-0.25, -0.2) is 4.39 Å². The van der Waals surface area contributed by atoms with Crippen molar-refractivity contribution in [2.24, 2.45) is 0 Å². The van der Waals surface area contributed by atoms with Crippen LogP contribution in [-0.2, 0) is 6.61 Å². The molecule has 0 atom stereocenters. The Balaban J connectivity index is 2.26. The van der Waals surface area contributed by atoms with Gasteiger partial charge in [0.25, 0.3) is 0 Å². The van der Waals surface area contributed by atoms with Gasteiger partial charge < -0.3 is 18.9 Å². The Hall–Kier alpha value is -2.62. The van der Waals surface area contributed by atoms with Crippen LogP contribution in [-0.4, -0.2) is 21.7 Å². The van der Waals surface area contributed by atoms with Crippen LogP contribution in [0.2, 0.25) is 36.3 Å². The van der Waals surface area contributed by atoms with E-state index in [4.69, 9.17) is 8.85 Å². The molecule has 0 unspecified atom stereocenters. The highest BCUT2D eigenvalue weighted by molar-refractivity contribution is 6.75. The summed E-state index contributed by atoms with van der Waals surface area (Å²) in [6.07, 6.45) is 0. The lowest BCUT2D eigenvalue weighted by Crippen LogP contribution is -2.44. The zero-order valence-electron chi connectivity index (χ0n) is 24.6. The van der Waals surface area contributed by atoms with Gasteiger partial charge in [-0.2, -0.15) is 0 Å². The molecule has 206 valence electrons. The van der Waals surface area contributed by atoms with Crippen molar-refractivity contribution in [3.8, 4) is 11.5 Å². The highest BCUT2D eigenvalue weighted by Crippen LogP contribution is 2.44. The van der Waals surface area contributed by atoms with Gasteiger partial charge in [0.05, 0.1) is 12.3 Å². The number of halogens is 1. The van der Waals surface area contributed by atoms with E-state index in [1.165, 1.54) is 12.1 Å². The van der Waals surface area contributed by atoms with Gasteiger partial charge in [0.2, 0.25) is 16.6 Å².